The maximum atomic E-state index is 13.1. The zero-order valence-corrected chi connectivity index (χ0v) is 17.9. The lowest BCUT2D eigenvalue weighted by Crippen LogP contribution is -2.94. The lowest BCUT2D eigenvalue weighted by atomic mass is 10.0. The van der Waals surface area contributed by atoms with Crippen molar-refractivity contribution in [1.29, 1.82) is 0 Å². The molecule has 0 fully saturated rings. The van der Waals surface area contributed by atoms with Crippen LogP contribution in [0, 0.1) is 0 Å². The average molecular weight is 409 g/mol. The fraction of sp³-hybridized carbons (Fsp3) is 0.375. The Labute approximate surface area is 177 Å². The number of hydrogen-bond acceptors (Lipinski definition) is 3. The van der Waals surface area contributed by atoms with Crippen LogP contribution in [0.4, 0.5) is 0 Å². The largest absolute Gasteiger partial charge is 0.354 e. The van der Waals surface area contributed by atoms with Gasteiger partial charge in [0.25, 0.3) is 11.8 Å². The Morgan fingerprint density at radius 3 is 2.10 bits per heavy atom. The molecule has 3 N–H and O–H groups in total. The van der Waals surface area contributed by atoms with Gasteiger partial charge in [-0.2, -0.15) is 0 Å². The number of rotatable bonds is 8. The molecule has 1 aliphatic rings. The van der Waals surface area contributed by atoms with E-state index in [1.807, 2.05) is 30.3 Å². The van der Waals surface area contributed by atoms with Gasteiger partial charge in [0.1, 0.15) is 6.04 Å². The van der Waals surface area contributed by atoms with Crippen LogP contribution < -0.4 is 10.6 Å². The molecule has 2 aromatic carbocycles. The van der Waals surface area contributed by atoms with E-state index in [0.29, 0.717) is 17.7 Å². The van der Waals surface area contributed by atoms with Crippen molar-refractivity contribution >= 4 is 17.7 Å². The second-order valence-corrected chi connectivity index (χ2v) is 8.73. The Balaban J connectivity index is 1.74. The highest BCUT2D eigenvalue weighted by atomic mass is 16.2. The van der Waals surface area contributed by atoms with Crippen LogP contribution in [-0.2, 0) is 11.2 Å². The lowest BCUT2D eigenvalue weighted by molar-refractivity contribution is -0.717. The Bertz CT molecular complexity index is 884. The molecule has 3 rings (SSSR count). The first-order valence-corrected chi connectivity index (χ1v) is 10.4. The summed E-state index contributed by atoms with van der Waals surface area (Å²) in [5.74, 6) is -1.12. The first kappa shape index (κ1) is 21.7. The zero-order valence-electron chi connectivity index (χ0n) is 17.9. The monoisotopic (exact) mass is 408 g/mol. The third-order valence-corrected chi connectivity index (χ3v) is 5.15. The molecule has 30 heavy (non-hydrogen) atoms. The van der Waals surface area contributed by atoms with E-state index in [1.165, 1.54) is 0 Å². The van der Waals surface area contributed by atoms with Crippen molar-refractivity contribution in [3.8, 4) is 0 Å². The molecule has 6 nitrogen and oxygen atoms in total. The minimum atomic E-state index is -0.883. The lowest BCUT2D eigenvalue weighted by Gasteiger charge is -2.25. The van der Waals surface area contributed by atoms with Gasteiger partial charge < -0.3 is 10.6 Å². The number of amides is 3. The number of hydrogen-bond donors (Lipinski definition) is 2. The Morgan fingerprint density at radius 1 is 0.967 bits per heavy atom. The van der Waals surface area contributed by atoms with Gasteiger partial charge in [-0.25, -0.2) is 0 Å². The molecule has 0 spiro atoms. The second-order valence-electron chi connectivity index (χ2n) is 8.73. The first-order chi connectivity index (χ1) is 14.3. The van der Waals surface area contributed by atoms with Gasteiger partial charge in [-0.3, -0.25) is 19.3 Å². The van der Waals surface area contributed by atoms with Crippen molar-refractivity contribution < 1.29 is 19.7 Å². The summed E-state index contributed by atoms with van der Waals surface area (Å²) in [6, 6.07) is 15.3. The molecule has 1 heterocycles. The van der Waals surface area contributed by atoms with E-state index in [1.54, 1.807) is 24.3 Å². The molecule has 0 saturated carbocycles. The molecule has 0 bridgehead atoms. The molecule has 158 valence electrons. The van der Waals surface area contributed by atoms with Crippen LogP contribution in [0.3, 0.4) is 0 Å². The number of fused-ring (bicyclic) bond motifs is 1. The summed E-state index contributed by atoms with van der Waals surface area (Å²) in [5.41, 5.74) is 1.75. The van der Waals surface area contributed by atoms with E-state index in [2.05, 4.69) is 31.4 Å². The number of nitrogens with two attached hydrogens (primary N) is 1. The maximum Gasteiger partial charge on any atom is 0.262 e. The van der Waals surface area contributed by atoms with E-state index in [4.69, 9.17) is 0 Å². The number of carbonyl (C=O) groups is 3. The van der Waals surface area contributed by atoms with Crippen LogP contribution in [0.15, 0.2) is 54.6 Å². The van der Waals surface area contributed by atoms with Crippen LogP contribution in [0.5, 0.6) is 0 Å². The number of quaternary nitrogens is 1. The van der Waals surface area contributed by atoms with Crippen LogP contribution >= 0.6 is 0 Å². The Kier molecular flexibility index (Phi) is 6.67. The molecular formula is C24H30N3O3+. The van der Waals surface area contributed by atoms with Crippen molar-refractivity contribution in [2.75, 3.05) is 13.1 Å². The van der Waals surface area contributed by atoms with Crippen LogP contribution in [-0.4, -0.2) is 47.3 Å². The third kappa shape index (κ3) is 5.13. The van der Waals surface area contributed by atoms with Gasteiger partial charge in [0.15, 0.2) is 0 Å². The molecule has 6 heteroatoms. The van der Waals surface area contributed by atoms with E-state index in [-0.39, 0.29) is 17.9 Å². The van der Waals surface area contributed by atoms with E-state index in [0.717, 1.165) is 23.4 Å². The van der Waals surface area contributed by atoms with Crippen LogP contribution in [0.2, 0.25) is 0 Å². The fourth-order valence-corrected chi connectivity index (χ4v) is 3.60. The minimum Gasteiger partial charge on any atom is -0.354 e. The first-order valence-electron chi connectivity index (χ1n) is 10.4. The van der Waals surface area contributed by atoms with Crippen molar-refractivity contribution in [3.05, 3.63) is 71.3 Å². The van der Waals surface area contributed by atoms with Gasteiger partial charge in [0.2, 0.25) is 5.91 Å². The average Bonchev–Trinajstić information content (AvgIpc) is 2.96. The maximum absolute atomic E-state index is 13.1. The number of imide groups is 1. The predicted molar refractivity (Wildman–Crippen MR) is 115 cm³/mol. The minimum absolute atomic E-state index is 0.139. The molecule has 0 aromatic heterocycles. The van der Waals surface area contributed by atoms with E-state index >= 15 is 0 Å². The fourth-order valence-electron chi connectivity index (χ4n) is 3.60. The highest BCUT2D eigenvalue weighted by Gasteiger charge is 2.42. The van der Waals surface area contributed by atoms with Crippen LogP contribution in [0.1, 0.15) is 53.5 Å². The van der Waals surface area contributed by atoms with Crippen molar-refractivity contribution in [1.82, 2.24) is 10.2 Å². The highest BCUT2D eigenvalue weighted by Crippen LogP contribution is 2.26. The number of benzene rings is 2. The predicted octanol–water partition coefficient (Wildman–Crippen LogP) is 1.76. The molecule has 1 atom stereocenters. The number of nitrogens with zero attached hydrogens (tertiary/aromatic N) is 1. The summed E-state index contributed by atoms with van der Waals surface area (Å²) in [4.78, 5) is 40.1. The summed E-state index contributed by atoms with van der Waals surface area (Å²) in [6.45, 7) is 7.82. The van der Waals surface area contributed by atoms with Crippen molar-refractivity contribution in [2.45, 2.75) is 45.2 Å². The molecule has 3 amide bonds. The standard InChI is InChI=1S/C24H29N3O3/c1-24(2,3)26-15-9-14-25-21(28)20(16-17-10-5-4-6-11-17)27-22(29)18-12-7-8-13-19(18)23(27)30/h4-8,10-13,20,26H,9,14-16H2,1-3H3,(H,25,28)/p+1/t20-/m0/s1. The Hall–Kier alpha value is -2.99. The van der Waals surface area contributed by atoms with Crippen LogP contribution in [0.25, 0.3) is 0 Å². The molecule has 0 unspecified atom stereocenters. The van der Waals surface area contributed by atoms with Gasteiger partial charge in [-0.15, -0.1) is 0 Å². The summed E-state index contributed by atoms with van der Waals surface area (Å²) < 4.78 is 0. The second kappa shape index (κ2) is 9.22. The van der Waals surface area contributed by atoms with Gasteiger partial charge in [0, 0.05) is 19.4 Å². The topological polar surface area (TPSA) is 83.1 Å². The van der Waals surface area contributed by atoms with Gasteiger partial charge in [0.05, 0.1) is 23.2 Å². The van der Waals surface area contributed by atoms with Gasteiger partial charge in [-0.1, -0.05) is 42.5 Å². The molecule has 1 aliphatic heterocycles. The SMILES string of the molecule is CC(C)(C)[NH2+]CCCNC(=O)[C@H](Cc1ccccc1)N1C(=O)c2ccccc2C1=O. The van der Waals surface area contributed by atoms with E-state index in [9.17, 15) is 14.4 Å². The van der Waals surface area contributed by atoms with Crippen molar-refractivity contribution in [3.63, 3.8) is 0 Å². The summed E-state index contributed by atoms with van der Waals surface area (Å²) in [7, 11) is 0. The zero-order chi connectivity index (χ0) is 21.7. The summed E-state index contributed by atoms with van der Waals surface area (Å²) in [5, 5.41) is 5.16. The van der Waals surface area contributed by atoms with E-state index < -0.39 is 17.9 Å². The third-order valence-electron chi connectivity index (χ3n) is 5.15. The van der Waals surface area contributed by atoms with Gasteiger partial charge >= 0.3 is 0 Å². The quantitative estimate of drug-likeness (QED) is 0.516. The molecule has 2 aromatic rings. The molecule has 0 radical (unpaired) electrons. The molecule has 0 saturated heterocycles. The smallest absolute Gasteiger partial charge is 0.262 e. The van der Waals surface area contributed by atoms with Crippen molar-refractivity contribution in [2.24, 2.45) is 0 Å². The molecular weight excluding hydrogens is 378 g/mol. The Morgan fingerprint density at radius 2 is 1.53 bits per heavy atom. The van der Waals surface area contributed by atoms with Gasteiger partial charge in [-0.05, 0) is 38.5 Å². The number of carbonyl (C=O) groups excluding carboxylic acids is 3. The summed E-state index contributed by atoms with van der Waals surface area (Å²) in [6.07, 6.45) is 1.09. The highest BCUT2D eigenvalue weighted by molar-refractivity contribution is 6.22. The normalized spacial score (nSPS) is 14.6. The number of nitrogens with one attached hydrogen (secondary N) is 1. The summed E-state index contributed by atoms with van der Waals surface area (Å²) >= 11 is 0. The molecule has 0 aliphatic carbocycles.